The molecule has 0 unspecified atom stereocenters. The van der Waals surface area contributed by atoms with E-state index in [9.17, 15) is 18.4 Å². The Bertz CT molecular complexity index is 746. The van der Waals surface area contributed by atoms with Crippen LogP contribution in [0.5, 0.6) is 5.75 Å². The summed E-state index contributed by atoms with van der Waals surface area (Å²) in [5.74, 6) is -0.537. The monoisotopic (exact) mass is 379 g/mol. The van der Waals surface area contributed by atoms with Gasteiger partial charge in [0.25, 0.3) is 5.91 Å². The number of carbonyl (C=O) groups excluding carboxylic acids is 2. The maximum absolute atomic E-state index is 12.1. The molecule has 1 N–H and O–H groups in total. The van der Waals surface area contributed by atoms with E-state index in [0.717, 1.165) is 4.90 Å². The van der Waals surface area contributed by atoms with Crippen molar-refractivity contribution in [3.8, 4) is 5.75 Å². The Labute approximate surface area is 154 Å². The summed E-state index contributed by atoms with van der Waals surface area (Å²) >= 11 is 1.33. The van der Waals surface area contributed by atoms with Crippen LogP contribution in [0.2, 0.25) is 0 Å². The predicted octanol–water partition coefficient (Wildman–Crippen LogP) is 4.46. The van der Waals surface area contributed by atoms with Crippen LogP contribution >= 0.6 is 11.8 Å². The largest absolute Gasteiger partial charge is 0.435 e. The first-order valence-corrected chi connectivity index (χ1v) is 8.95. The number of thioether (sulfide) groups is 1. The Balaban J connectivity index is 1.84. The molecule has 0 aromatic heterocycles. The van der Waals surface area contributed by atoms with Crippen LogP contribution in [0.25, 0.3) is 0 Å². The van der Waals surface area contributed by atoms with E-state index >= 15 is 0 Å². The van der Waals surface area contributed by atoms with Crippen molar-refractivity contribution in [1.82, 2.24) is 5.32 Å². The van der Waals surface area contributed by atoms with Gasteiger partial charge < -0.3 is 4.74 Å². The highest BCUT2D eigenvalue weighted by Gasteiger charge is 2.12. The van der Waals surface area contributed by atoms with E-state index in [-0.39, 0.29) is 17.1 Å². The van der Waals surface area contributed by atoms with Gasteiger partial charge in [0.05, 0.1) is 5.75 Å². The van der Waals surface area contributed by atoms with Gasteiger partial charge in [-0.3, -0.25) is 14.9 Å². The molecule has 0 aliphatic carbocycles. The summed E-state index contributed by atoms with van der Waals surface area (Å²) in [4.78, 5) is 24.8. The average Bonchev–Trinajstić information content (AvgIpc) is 2.60. The van der Waals surface area contributed by atoms with Gasteiger partial charge in [0.2, 0.25) is 5.91 Å². The molecule has 0 heterocycles. The van der Waals surface area contributed by atoms with Gasteiger partial charge in [0, 0.05) is 10.5 Å². The van der Waals surface area contributed by atoms with Crippen LogP contribution in [0.15, 0.2) is 53.4 Å². The summed E-state index contributed by atoms with van der Waals surface area (Å²) in [6.45, 7) is 1.28. The second-order valence-electron chi connectivity index (χ2n) is 5.79. The van der Waals surface area contributed by atoms with Crippen LogP contribution in [0, 0.1) is 0 Å². The standard InChI is InChI=1S/C19H19F2NO3S/c1-12(2)13-5-9-16(10-6-13)26-11-17(23)22-18(24)14-3-7-15(8-4-14)25-19(20)21/h3-10,12,19H,11H2,1-2H3,(H,22,23,24). The Kier molecular flexibility index (Phi) is 7.15. The number of ether oxygens (including phenoxy) is 1. The van der Waals surface area contributed by atoms with Crippen molar-refractivity contribution in [3.63, 3.8) is 0 Å². The number of alkyl halides is 2. The Morgan fingerprint density at radius 1 is 1.04 bits per heavy atom. The van der Waals surface area contributed by atoms with Crippen molar-refractivity contribution in [3.05, 3.63) is 59.7 Å². The number of imide groups is 1. The van der Waals surface area contributed by atoms with E-state index in [2.05, 4.69) is 23.9 Å². The molecule has 7 heteroatoms. The number of amides is 2. The van der Waals surface area contributed by atoms with Crippen LogP contribution < -0.4 is 10.1 Å². The summed E-state index contributed by atoms with van der Waals surface area (Å²) in [5.41, 5.74) is 1.40. The first-order valence-electron chi connectivity index (χ1n) is 7.97. The highest BCUT2D eigenvalue weighted by molar-refractivity contribution is 8.00. The summed E-state index contributed by atoms with van der Waals surface area (Å²) in [6, 6.07) is 13.0. The molecule has 0 atom stereocenters. The number of benzene rings is 2. The van der Waals surface area contributed by atoms with Crippen molar-refractivity contribution in [2.24, 2.45) is 0 Å². The molecule has 0 bridgehead atoms. The zero-order chi connectivity index (χ0) is 19.1. The van der Waals surface area contributed by atoms with Crippen LogP contribution in [0.3, 0.4) is 0 Å². The Morgan fingerprint density at radius 2 is 1.65 bits per heavy atom. The molecule has 4 nitrogen and oxygen atoms in total. The van der Waals surface area contributed by atoms with Crippen molar-refractivity contribution in [2.45, 2.75) is 31.3 Å². The predicted molar refractivity (Wildman–Crippen MR) is 96.8 cm³/mol. The maximum atomic E-state index is 12.1. The Hall–Kier alpha value is -2.41. The van der Waals surface area contributed by atoms with Gasteiger partial charge in [-0.1, -0.05) is 26.0 Å². The molecule has 0 spiro atoms. The second-order valence-corrected chi connectivity index (χ2v) is 6.84. The lowest BCUT2D eigenvalue weighted by Gasteiger charge is -2.08. The quantitative estimate of drug-likeness (QED) is 0.722. The molecule has 2 aromatic rings. The molecule has 0 aliphatic heterocycles. The van der Waals surface area contributed by atoms with E-state index in [4.69, 9.17) is 0 Å². The highest BCUT2D eigenvalue weighted by atomic mass is 32.2. The zero-order valence-electron chi connectivity index (χ0n) is 14.4. The van der Waals surface area contributed by atoms with Gasteiger partial charge >= 0.3 is 6.61 Å². The number of hydrogen-bond donors (Lipinski definition) is 1. The fourth-order valence-corrected chi connectivity index (χ4v) is 2.82. The van der Waals surface area contributed by atoms with Gasteiger partial charge in [-0.05, 0) is 47.9 Å². The third kappa shape index (κ3) is 6.15. The van der Waals surface area contributed by atoms with E-state index in [0.29, 0.717) is 5.92 Å². The summed E-state index contributed by atoms with van der Waals surface area (Å²) in [5, 5.41) is 2.27. The van der Waals surface area contributed by atoms with Gasteiger partial charge in [-0.2, -0.15) is 8.78 Å². The molecular weight excluding hydrogens is 360 g/mol. The molecule has 2 amide bonds. The number of hydrogen-bond acceptors (Lipinski definition) is 4. The molecule has 2 aromatic carbocycles. The Morgan fingerprint density at radius 3 is 2.19 bits per heavy atom. The van der Waals surface area contributed by atoms with E-state index < -0.39 is 18.4 Å². The topological polar surface area (TPSA) is 55.4 Å². The van der Waals surface area contributed by atoms with Gasteiger partial charge in [-0.15, -0.1) is 11.8 Å². The number of rotatable bonds is 7. The lowest BCUT2D eigenvalue weighted by Crippen LogP contribution is -2.31. The fraction of sp³-hybridized carbons (Fsp3) is 0.263. The lowest BCUT2D eigenvalue weighted by atomic mass is 10.0. The number of carbonyl (C=O) groups is 2. The third-order valence-electron chi connectivity index (χ3n) is 3.51. The van der Waals surface area contributed by atoms with Gasteiger partial charge in [0.15, 0.2) is 0 Å². The van der Waals surface area contributed by atoms with Crippen LogP contribution in [0.4, 0.5) is 8.78 Å². The van der Waals surface area contributed by atoms with Crippen molar-refractivity contribution < 1.29 is 23.1 Å². The minimum absolute atomic E-state index is 0.0525. The van der Waals surface area contributed by atoms with Crippen LogP contribution in [0.1, 0.15) is 35.7 Å². The van der Waals surface area contributed by atoms with E-state index in [1.165, 1.54) is 41.6 Å². The van der Waals surface area contributed by atoms with Crippen molar-refractivity contribution in [1.29, 1.82) is 0 Å². The fourth-order valence-electron chi connectivity index (χ4n) is 2.12. The van der Waals surface area contributed by atoms with E-state index in [1.807, 2.05) is 24.3 Å². The molecular formula is C19H19F2NO3S. The summed E-state index contributed by atoms with van der Waals surface area (Å²) < 4.78 is 28.4. The van der Waals surface area contributed by atoms with Crippen molar-refractivity contribution in [2.75, 3.05) is 5.75 Å². The first kappa shape index (κ1) is 19.9. The number of halogens is 2. The highest BCUT2D eigenvalue weighted by Crippen LogP contribution is 2.21. The van der Waals surface area contributed by atoms with Gasteiger partial charge in [0.1, 0.15) is 5.75 Å². The SMILES string of the molecule is CC(C)c1ccc(SCC(=O)NC(=O)c2ccc(OC(F)F)cc2)cc1. The van der Waals surface area contributed by atoms with Crippen LogP contribution in [-0.2, 0) is 4.79 Å². The normalized spacial score (nSPS) is 10.8. The minimum atomic E-state index is -2.93. The summed E-state index contributed by atoms with van der Waals surface area (Å²) in [6.07, 6.45) is 0. The molecule has 2 rings (SSSR count). The lowest BCUT2D eigenvalue weighted by molar-refractivity contribution is -0.117. The molecule has 0 fully saturated rings. The van der Waals surface area contributed by atoms with E-state index in [1.54, 1.807) is 0 Å². The average molecular weight is 379 g/mol. The third-order valence-corrected chi connectivity index (χ3v) is 4.52. The second kappa shape index (κ2) is 9.33. The molecule has 0 saturated heterocycles. The zero-order valence-corrected chi connectivity index (χ0v) is 15.2. The summed E-state index contributed by atoms with van der Waals surface area (Å²) in [7, 11) is 0. The number of nitrogens with one attached hydrogen (secondary N) is 1. The maximum Gasteiger partial charge on any atom is 0.387 e. The minimum Gasteiger partial charge on any atom is -0.435 e. The van der Waals surface area contributed by atoms with Crippen molar-refractivity contribution >= 4 is 23.6 Å². The smallest absolute Gasteiger partial charge is 0.387 e. The molecule has 26 heavy (non-hydrogen) atoms. The molecule has 0 radical (unpaired) electrons. The first-order chi connectivity index (χ1) is 12.3. The molecule has 0 aliphatic rings. The van der Waals surface area contributed by atoms with Gasteiger partial charge in [-0.25, -0.2) is 0 Å². The molecule has 0 saturated carbocycles. The molecule has 138 valence electrons. The van der Waals surface area contributed by atoms with Crippen LogP contribution in [-0.4, -0.2) is 24.2 Å².